The second-order valence-electron chi connectivity index (χ2n) is 9.77. The van der Waals surface area contributed by atoms with E-state index in [4.69, 9.17) is 9.47 Å². The van der Waals surface area contributed by atoms with Crippen LogP contribution in [-0.2, 0) is 23.9 Å². The van der Waals surface area contributed by atoms with Crippen molar-refractivity contribution in [2.24, 2.45) is 28.6 Å². The van der Waals surface area contributed by atoms with Crippen LogP contribution in [0.5, 0.6) is 0 Å². The molecule has 3 saturated carbocycles. The van der Waals surface area contributed by atoms with Gasteiger partial charge in [0.2, 0.25) is 5.60 Å². The maximum Gasteiger partial charge on any atom is 0.349 e. The summed E-state index contributed by atoms with van der Waals surface area (Å²) in [5.41, 5.74) is -1.79. The first-order valence-electron chi connectivity index (χ1n) is 10.1. The van der Waals surface area contributed by atoms with Crippen molar-refractivity contribution in [2.75, 3.05) is 0 Å². The predicted octanol–water partition coefficient (Wildman–Crippen LogP) is 2.67. The third-order valence-corrected chi connectivity index (χ3v) is 9.03. The number of ketones is 1. The first-order valence-corrected chi connectivity index (χ1v) is 10.1. The first-order chi connectivity index (χ1) is 13.2. The number of fused-ring (bicyclic) bond motifs is 3. The minimum Gasteiger partial charge on any atom is -0.478 e. The van der Waals surface area contributed by atoms with E-state index in [9.17, 15) is 19.5 Å². The lowest BCUT2D eigenvalue weighted by Gasteiger charge is -2.55. The lowest BCUT2D eigenvalue weighted by molar-refractivity contribution is -0.196. The molecule has 0 amide bonds. The first kappa shape index (κ1) is 18.1. The number of carboxylic acids is 1. The van der Waals surface area contributed by atoms with Gasteiger partial charge in [-0.1, -0.05) is 25.5 Å². The quantitative estimate of drug-likeness (QED) is 0.592. The van der Waals surface area contributed by atoms with Crippen LogP contribution in [0.1, 0.15) is 46.5 Å². The van der Waals surface area contributed by atoms with E-state index in [2.05, 4.69) is 6.92 Å². The Hall–Kier alpha value is -1.95. The summed E-state index contributed by atoms with van der Waals surface area (Å²) in [5.74, 6) is -1.04. The van der Waals surface area contributed by atoms with Gasteiger partial charge in [-0.25, -0.2) is 4.79 Å². The molecule has 0 aromatic rings. The van der Waals surface area contributed by atoms with E-state index in [0.717, 1.165) is 18.4 Å². The van der Waals surface area contributed by atoms with Crippen molar-refractivity contribution in [3.8, 4) is 0 Å². The summed E-state index contributed by atoms with van der Waals surface area (Å²) in [7, 11) is 0. The Balaban J connectivity index is 1.62. The Bertz CT molecular complexity index is 859. The van der Waals surface area contributed by atoms with Gasteiger partial charge in [0, 0.05) is 16.7 Å². The van der Waals surface area contributed by atoms with Gasteiger partial charge in [0.05, 0.1) is 6.10 Å². The second kappa shape index (κ2) is 5.15. The number of rotatable bonds is 3. The number of epoxide rings is 1. The lowest BCUT2D eigenvalue weighted by atomic mass is 9.47. The molecule has 4 aliphatic carbocycles. The molecule has 1 aliphatic heterocycles. The topological polar surface area (TPSA) is 93.2 Å². The fourth-order valence-corrected chi connectivity index (χ4v) is 7.80. The van der Waals surface area contributed by atoms with E-state index in [1.807, 2.05) is 19.9 Å². The Labute approximate surface area is 164 Å². The molecule has 8 atom stereocenters. The van der Waals surface area contributed by atoms with Gasteiger partial charge in [0.1, 0.15) is 5.60 Å². The second-order valence-corrected chi connectivity index (χ2v) is 9.77. The number of carboxylic acid groups (broad SMARTS) is 1. The van der Waals surface area contributed by atoms with Gasteiger partial charge in [0.25, 0.3) is 6.47 Å². The summed E-state index contributed by atoms with van der Waals surface area (Å²) in [6.07, 6.45) is 8.22. The van der Waals surface area contributed by atoms with Crippen molar-refractivity contribution < 1.29 is 29.0 Å². The third-order valence-electron chi connectivity index (χ3n) is 9.03. The minimum absolute atomic E-state index is 0.0268. The van der Waals surface area contributed by atoms with Gasteiger partial charge in [-0.3, -0.25) is 9.59 Å². The molecule has 0 aromatic carbocycles. The van der Waals surface area contributed by atoms with Gasteiger partial charge in [-0.15, -0.1) is 0 Å². The van der Waals surface area contributed by atoms with E-state index >= 15 is 0 Å². The number of carbonyl (C=O) groups excluding carboxylic acids is 2. The molecule has 6 heteroatoms. The molecule has 0 aromatic heterocycles. The van der Waals surface area contributed by atoms with Gasteiger partial charge in [-0.2, -0.15) is 0 Å². The average molecular weight is 386 g/mol. The number of carbonyl (C=O) groups is 3. The van der Waals surface area contributed by atoms with Gasteiger partial charge in [-0.05, 0) is 56.6 Å². The molecular formula is C22H26O6. The molecule has 1 N–H and O–H groups in total. The molecule has 6 nitrogen and oxygen atoms in total. The van der Waals surface area contributed by atoms with E-state index in [0.29, 0.717) is 19.3 Å². The van der Waals surface area contributed by atoms with Crippen LogP contribution in [0.2, 0.25) is 0 Å². The van der Waals surface area contributed by atoms with Crippen LogP contribution >= 0.6 is 0 Å². The van der Waals surface area contributed by atoms with E-state index in [1.165, 1.54) is 0 Å². The maximum atomic E-state index is 12.4. The van der Waals surface area contributed by atoms with Crippen molar-refractivity contribution in [2.45, 2.75) is 63.8 Å². The molecule has 1 saturated heterocycles. The maximum absolute atomic E-state index is 12.4. The minimum atomic E-state index is -1.52. The number of ether oxygens (including phenoxy) is 2. The number of hydrogen-bond acceptors (Lipinski definition) is 5. The Morgan fingerprint density at radius 2 is 2.11 bits per heavy atom. The van der Waals surface area contributed by atoms with Crippen molar-refractivity contribution in [1.29, 1.82) is 0 Å². The molecule has 4 fully saturated rings. The van der Waals surface area contributed by atoms with Crippen LogP contribution in [-0.4, -0.2) is 40.6 Å². The van der Waals surface area contributed by atoms with Crippen LogP contribution in [0.4, 0.5) is 0 Å². The van der Waals surface area contributed by atoms with Gasteiger partial charge >= 0.3 is 5.97 Å². The standard InChI is InChI=1S/C22H26O6/c1-12-8-16-15-5-4-13-9-14(24)6-7-19(13,2)22(15)17(28-22)10-20(16,3)21(12,18(25)26)27-11-23/h6-7,9,11-12,15-17H,4-5,8,10H2,1-3H3,(H,25,26)/t12-,15+,16+,17+,19+,20+,21+,22-/m1/s1. The highest BCUT2D eigenvalue weighted by atomic mass is 16.6. The molecular weight excluding hydrogens is 360 g/mol. The molecule has 0 bridgehead atoms. The average Bonchev–Trinajstić information content (AvgIpc) is 3.30. The molecule has 5 rings (SSSR count). The molecule has 1 spiro atoms. The third kappa shape index (κ3) is 1.69. The van der Waals surface area contributed by atoms with Crippen LogP contribution in [0, 0.1) is 28.6 Å². The predicted molar refractivity (Wildman–Crippen MR) is 98.2 cm³/mol. The van der Waals surface area contributed by atoms with E-state index < -0.39 is 17.0 Å². The lowest BCUT2D eigenvalue weighted by Crippen LogP contribution is -2.62. The zero-order valence-corrected chi connectivity index (χ0v) is 16.4. The zero-order valence-electron chi connectivity index (χ0n) is 16.4. The highest BCUT2D eigenvalue weighted by Crippen LogP contribution is 2.76. The highest BCUT2D eigenvalue weighted by Gasteiger charge is 2.83. The van der Waals surface area contributed by atoms with E-state index in [-0.39, 0.29) is 40.7 Å². The SMILES string of the molecule is C[C@@H]1C[C@H]2[C@@H]3CCC4=CC(=O)C=C[C@]4(C)[C@@]34O[C@H]4C[C@]2(C)[C@@]1(OC=O)C(=O)O. The molecule has 5 aliphatic rings. The van der Waals surface area contributed by atoms with Crippen LogP contribution < -0.4 is 0 Å². The summed E-state index contributed by atoms with van der Waals surface area (Å²) in [6.45, 7) is 6.31. The van der Waals surface area contributed by atoms with Crippen LogP contribution in [0.3, 0.4) is 0 Å². The fourth-order valence-electron chi connectivity index (χ4n) is 7.80. The monoisotopic (exact) mass is 386 g/mol. The smallest absolute Gasteiger partial charge is 0.349 e. The van der Waals surface area contributed by atoms with Crippen LogP contribution in [0.15, 0.2) is 23.8 Å². The number of hydrogen-bond donors (Lipinski definition) is 1. The summed E-state index contributed by atoms with van der Waals surface area (Å²) in [4.78, 5) is 35.6. The fraction of sp³-hybridized carbons (Fsp3) is 0.682. The number of allylic oxidation sites excluding steroid dienone is 2. The Kier molecular flexibility index (Phi) is 3.33. The van der Waals surface area contributed by atoms with Crippen molar-refractivity contribution in [3.05, 3.63) is 23.8 Å². The molecule has 150 valence electrons. The summed E-state index contributed by atoms with van der Waals surface area (Å²) < 4.78 is 11.8. The van der Waals surface area contributed by atoms with Crippen molar-refractivity contribution in [3.63, 3.8) is 0 Å². The van der Waals surface area contributed by atoms with Gasteiger partial charge in [0.15, 0.2) is 5.78 Å². The largest absolute Gasteiger partial charge is 0.478 e. The van der Waals surface area contributed by atoms with Crippen molar-refractivity contribution >= 4 is 18.2 Å². The Morgan fingerprint density at radius 3 is 2.79 bits per heavy atom. The van der Waals surface area contributed by atoms with Crippen LogP contribution in [0.25, 0.3) is 0 Å². The molecule has 0 unspecified atom stereocenters. The Morgan fingerprint density at radius 1 is 1.36 bits per heavy atom. The molecule has 28 heavy (non-hydrogen) atoms. The molecule has 1 heterocycles. The zero-order chi connectivity index (χ0) is 20.1. The summed E-state index contributed by atoms with van der Waals surface area (Å²) in [6, 6.07) is 0. The van der Waals surface area contributed by atoms with E-state index in [1.54, 1.807) is 12.2 Å². The number of aliphatic carboxylic acids is 1. The van der Waals surface area contributed by atoms with Crippen molar-refractivity contribution in [1.82, 2.24) is 0 Å². The highest BCUT2D eigenvalue weighted by molar-refractivity contribution is 6.01. The summed E-state index contributed by atoms with van der Waals surface area (Å²) >= 11 is 0. The summed E-state index contributed by atoms with van der Waals surface area (Å²) in [5, 5.41) is 10.1. The molecule has 0 radical (unpaired) electrons. The normalized spacial score (nSPS) is 53.2. The van der Waals surface area contributed by atoms with Gasteiger partial charge < -0.3 is 14.6 Å².